The Labute approximate surface area is 78.2 Å². The van der Waals surface area contributed by atoms with Crippen molar-refractivity contribution in [3.8, 4) is 0 Å². The Morgan fingerprint density at radius 1 is 1.33 bits per heavy atom. The van der Waals surface area contributed by atoms with E-state index in [0.717, 1.165) is 5.54 Å². The Balaban J connectivity index is 0.000000354. The van der Waals surface area contributed by atoms with Gasteiger partial charge >= 0.3 is 0 Å². The zero-order valence-corrected chi connectivity index (χ0v) is 10.1. The molecule has 1 aliphatic rings. The van der Waals surface area contributed by atoms with Crippen molar-refractivity contribution in [3.05, 3.63) is 0 Å². The monoisotopic (exact) mass is 188 g/mol. The van der Waals surface area contributed by atoms with Crippen molar-refractivity contribution in [2.75, 3.05) is 6.61 Å². The molecule has 1 heterocycles. The maximum absolute atomic E-state index is 7.57. The van der Waals surface area contributed by atoms with Gasteiger partial charge in [0.05, 0.1) is 8.07 Å². The highest BCUT2D eigenvalue weighted by atomic mass is 28.3. The molecule has 2 heteroatoms. The predicted octanol–water partition coefficient (Wildman–Crippen LogP) is 3.27. The highest BCUT2D eigenvalue weighted by molar-refractivity contribution is 6.78. The fraction of sp³-hybridized carbons (Fsp3) is 1.00. The second-order valence-corrected chi connectivity index (χ2v) is 9.91. The van der Waals surface area contributed by atoms with Gasteiger partial charge in [0.1, 0.15) is 0 Å². The lowest BCUT2D eigenvalue weighted by Gasteiger charge is -2.34. The normalized spacial score (nSPS) is 27.2. The number of aliphatic hydroxyl groups excluding tert-OH is 1. The van der Waals surface area contributed by atoms with E-state index in [1.807, 2.05) is 0 Å². The van der Waals surface area contributed by atoms with E-state index in [1.165, 1.54) is 19.3 Å². The Hall–Kier alpha value is 0.177. The lowest BCUT2D eigenvalue weighted by Crippen LogP contribution is -2.33. The van der Waals surface area contributed by atoms with Crippen molar-refractivity contribution in [2.24, 2.45) is 0 Å². The molecule has 1 unspecified atom stereocenters. The minimum atomic E-state index is -0.694. The molecular weight excluding hydrogens is 164 g/mol. The van der Waals surface area contributed by atoms with Crippen LogP contribution < -0.4 is 0 Å². The van der Waals surface area contributed by atoms with Gasteiger partial charge in [-0.1, -0.05) is 45.3 Å². The molecule has 0 spiro atoms. The summed E-state index contributed by atoms with van der Waals surface area (Å²) in [6, 6.07) is 1.58. The first-order valence-electron chi connectivity index (χ1n) is 5.15. The van der Waals surface area contributed by atoms with Gasteiger partial charge in [0.2, 0.25) is 0 Å². The lowest BCUT2D eigenvalue weighted by atomic mass is 10.2. The van der Waals surface area contributed by atoms with Crippen LogP contribution in [0.4, 0.5) is 0 Å². The zero-order valence-electron chi connectivity index (χ0n) is 9.06. The van der Waals surface area contributed by atoms with Crippen molar-refractivity contribution in [2.45, 2.75) is 57.8 Å². The Morgan fingerprint density at radius 2 is 1.83 bits per heavy atom. The molecule has 1 rings (SSSR count). The summed E-state index contributed by atoms with van der Waals surface area (Å²) in [5.74, 6) is 0. The van der Waals surface area contributed by atoms with E-state index < -0.39 is 8.07 Å². The van der Waals surface area contributed by atoms with Gasteiger partial charge in [0.25, 0.3) is 0 Å². The maximum Gasteiger partial charge on any atom is 0.0502 e. The molecule has 0 amide bonds. The third kappa shape index (κ3) is 4.26. The first-order chi connectivity index (χ1) is 5.54. The second-order valence-electron chi connectivity index (χ2n) is 4.45. The minimum Gasteiger partial charge on any atom is -0.397 e. The van der Waals surface area contributed by atoms with E-state index in [4.69, 9.17) is 5.11 Å². The molecular formula is C10H24OSi. The molecule has 1 N–H and O–H groups in total. The van der Waals surface area contributed by atoms with E-state index in [9.17, 15) is 0 Å². The standard InChI is InChI=1S/C8H18Si.C2H6O/c1-8-6-4-5-7-9(8,2)3;1-2-3/h8H,4-7H2,1-3H3;3H,2H2,1H3. The number of hydrogen-bond acceptors (Lipinski definition) is 1. The molecule has 0 aliphatic carbocycles. The topological polar surface area (TPSA) is 20.2 Å². The van der Waals surface area contributed by atoms with Gasteiger partial charge in [0.15, 0.2) is 0 Å². The number of aliphatic hydroxyl groups is 1. The van der Waals surface area contributed by atoms with Gasteiger partial charge in [-0.2, -0.15) is 0 Å². The molecule has 1 fully saturated rings. The first kappa shape index (κ1) is 12.2. The van der Waals surface area contributed by atoms with Gasteiger partial charge < -0.3 is 5.11 Å². The molecule has 1 nitrogen and oxygen atoms in total. The fourth-order valence-electron chi connectivity index (χ4n) is 1.67. The maximum atomic E-state index is 7.57. The van der Waals surface area contributed by atoms with Crippen LogP contribution in [0.1, 0.15) is 33.1 Å². The molecule has 0 bridgehead atoms. The Bertz CT molecular complexity index is 112. The Kier molecular flexibility index (Phi) is 5.84. The average Bonchev–Trinajstić information content (AvgIpc) is 1.97. The van der Waals surface area contributed by atoms with Crippen LogP contribution in [0.25, 0.3) is 0 Å². The molecule has 0 aromatic rings. The first-order valence-corrected chi connectivity index (χ1v) is 8.44. The highest BCUT2D eigenvalue weighted by Crippen LogP contribution is 2.36. The molecule has 0 radical (unpaired) electrons. The number of rotatable bonds is 0. The van der Waals surface area contributed by atoms with Gasteiger partial charge in [0, 0.05) is 6.61 Å². The summed E-state index contributed by atoms with van der Waals surface area (Å²) in [5.41, 5.74) is 1.09. The SMILES string of the molecule is CC1CCCC[Si]1(C)C.CCO. The van der Waals surface area contributed by atoms with Gasteiger partial charge in [-0.3, -0.25) is 0 Å². The van der Waals surface area contributed by atoms with E-state index in [-0.39, 0.29) is 6.61 Å². The molecule has 1 aliphatic heterocycles. The molecule has 12 heavy (non-hydrogen) atoms. The van der Waals surface area contributed by atoms with Crippen molar-refractivity contribution in [3.63, 3.8) is 0 Å². The van der Waals surface area contributed by atoms with E-state index in [2.05, 4.69) is 20.0 Å². The van der Waals surface area contributed by atoms with Crippen LogP contribution in [0.5, 0.6) is 0 Å². The molecule has 1 saturated heterocycles. The Morgan fingerprint density at radius 3 is 2.08 bits per heavy atom. The summed E-state index contributed by atoms with van der Waals surface area (Å²) >= 11 is 0. The summed E-state index contributed by atoms with van der Waals surface area (Å²) in [4.78, 5) is 0. The van der Waals surface area contributed by atoms with Crippen LogP contribution >= 0.6 is 0 Å². The zero-order chi connectivity index (χ0) is 9.61. The van der Waals surface area contributed by atoms with Gasteiger partial charge in [-0.25, -0.2) is 0 Å². The summed E-state index contributed by atoms with van der Waals surface area (Å²) in [6.07, 6.45) is 4.53. The van der Waals surface area contributed by atoms with Crippen molar-refractivity contribution in [1.29, 1.82) is 0 Å². The smallest absolute Gasteiger partial charge is 0.0502 e. The van der Waals surface area contributed by atoms with Gasteiger partial charge in [-0.05, 0) is 12.5 Å². The summed E-state index contributed by atoms with van der Waals surface area (Å²) < 4.78 is 0. The van der Waals surface area contributed by atoms with E-state index >= 15 is 0 Å². The van der Waals surface area contributed by atoms with E-state index in [1.54, 1.807) is 13.0 Å². The molecule has 0 saturated carbocycles. The quantitative estimate of drug-likeness (QED) is 0.579. The highest BCUT2D eigenvalue weighted by Gasteiger charge is 2.30. The van der Waals surface area contributed by atoms with Crippen molar-refractivity contribution < 1.29 is 5.11 Å². The third-order valence-corrected chi connectivity index (χ3v) is 7.64. The van der Waals surface area contributed by atoms with Gasteiger partial charge in [-0.15, -0.1) is 0 Å². The summed E-state index contributed by atoms with van der Waals surface area (Å²) in [6.45, 7) is 9.46. The largest absolute Gasteiger partial charge is 0.397 e. The van der Waals surface area contributed by atoms with Crippen LogP contribution in [0, 0.1) is 0 Å². The lowest BCUT2D eigenvalue weighted by molar-refractivity contribution is 0.318. The van der Waals surface area contributed by atoms with Crippen molar-refractivity contribution in [1.82, 2.24) is 0 Å². The average molecular weight is 188 g/mol. The summed E-state index contributed by atoms with van der Waals surface area (Å²) in [7, 11) is -0.694. The predicted molar refractivity (Wildman–Crippen MR) is 58.3 cm³/mol. The minimum absolute atomic E-state index is 0.250. The van der Waals surface area contributed by atoms with Crippen molar-refractivity contribution >= 4 is 8.07 Å². The second kappa shape index (κ2) is 5.76. The summed E-state index contributed by atoms with van der Waals surface area (Å²) in [5, 5.41) is 7.57. The van der Waals surface area contributed by atoms with E-state index in [0.29, 0.717) is 0 Å². The van der Waals surface area contributed by atoms with Crippen LogP contribution in [-0.4, -0.2) is 19.8 Å². The fourth-order valence-corrected chi connectivity index (χ4v) is 4.31. The van der Waals surface area contributed by atoms with Crippen LogP contribution in [0.15, 0.2) is 0 Å². The van der Waals surface area contributed by atoms with Crippen LogP contribution in [0.2, 0.25) is 24.7 Å². The molecule has 74 valence electrons. The number of hydrogen-bond donors (Lipinski definition) is 1. The molecule has 1 atom stereocenters. The van der Waals surface area contributed by atoms with Crippen LogP contribution in [-0.2, 0) is 0 Å². The molecule has 0 aromatic heterocycles. The van der Waals surface area contributed by atoms with Crippen LogP contribution in [0.3, 0.4) is 0 Å². The molecule has 0 aromatic carbocycles. The third-order valence-electron chi connectivity index (χ3n) is 3.04.